The maximum Gasteiger partial charge on any atom is 0.269 e. The van der Waals surface area contributed by atoms with Crippen LogP contribution in [0.1, 0.15) is 19.4 Å². The highest BCUT2D eigenvalue weighted by atomic mass is 16.2. The molecule has 1 heterocycles. The van der Waals surface area contributed by atoms with Gasteiger partial charge in [0.25, 0.3) is 5.91 Å². The van der Waals surface area contributed by atoms with E-state index in [-0.39, 0.29) is 5.91 Å². The maximum absolute atomic E-state index is 11.9. The third-order valence-corrected chi connectivity index (χ3v) is 3.00. The monoisotopic (exact) mass is 216 g/mol. The van der Waals surface area contributed by atoms with Gasteiger partial charge in [0.2, 0.25) is 0 Å². The number of rotatable bonds is 2. The smallest absolute Gasteiger partial charge is 0.269 e. The molecule has 0 bridgehead atoms. The van der Waals surface area contributed by atoms with Crippen LogP contribution in [0.5, 0.6) is 0 Å². The van der Waals surface area contributed by atoms with E-state index in [2.05, 4.69) is 4.99 Å². The van der Waals surface area contributed by atoms with Crippen LogP contribution in [0.3, 0.4) is 0 Å². The van der Waals surface area contributed by atoms with Crippen molar-refractivity contribution in [2.45, 2.75) is 25.9 Å². The molecular formula is C13H16N2O. The Labute approximate surface area is 95.8 Å². The number of amides is 1. The van der Waals surface area contributed by atoms with Crippen molar-refractivity contribution in [3.8, 4) is 0 Å². The van der Waals surface area contributed by atoms with Gasteiger partial charge < -0.3 is 4.90 Å². The first-order valence-electron chi connectivity index (χ1n) is 5.41. The van der Waals surface area contributed by atoms with E-state index < -0.39 is 5.66 Å². The zero-order valence-electron chi connectivity index (χ0n) is 9.90. The van der Waals surface area contributed by atoms with Crippen LogP contribution in [0, 0.1) is 0 Å². The molecule has 0 aromatic heterocycles. The molecule has 0 aliphatic carbocycles. The Morgan fingerprint density at radius 3 is 2.38 bits per heavy atom. The molecule has 1 amide bonds. The summed E-state index contributed by atoms with van der Waals surface area (Å²) in [6, 6.07) is 9.95. The van der Waals surface area contributed by atoms with Crippen molar-refractivity contribution in [2.24, 2.45) is 4.99 Å². The van der Waals surface area contributed by atoms with Crippen LogP contribution < -0.4 is 0 Å². The van der Waals surface area contributed by atoms with E-state index in [0.717, 1.165) is 5.56 Å². The number of aliphatic imine (C=N–C) groups is 1. The molecule has 0 saturated carbocycles. The lowest BCUT2D eigenvalue weighted by molar-refractivity contribution is -0.125. The maximum atomic E-state index is 11.9. The third-order valence-electron chi connectivity index (χ3n) is 3.00. The highest BCUT2D eigenvalue weighted by Gasteiger charge is 2.36. The van der Waals surface area contributed by atoms with Gasteiger partial charge in [-0.1, -0.05) is 30.3 Å². The summed E-state index contributed by atoms with van der Waals surface area (Å²) in [5.41, 5.74) is 1.38. The quantitative estimate of drug-likeness (QED) is 0.743. The van der Waals surface area contributed by atoms with Gasteiger partial charge in [0, 0.05) is 13.5 Å². The lowest BCUT2D eigenvalue weighted by Crippen LogP contribution is -2.39. The first-order chi connectivity index (χ1) is 7.50. The predicted molar refractivity (Wildman–Crippen MR) is 64.4 cm³/mol. The van der Waals surface area contributed by atoms with Crippen LogP contribution in [0.2, 0.25) is 0 Å². The van der Waals surface area contributed by atoms with Crippen molar-refractivity contribution in [1.29, 1.82) is 0 Å². The molecule has 3 heteroatoms. The highest BCUT2D eigenvalue weighted by molar-refractivity contribution is 6.40. The van der Waals surface area contributed by atoms with E-state index in [1.54, 1.807) is 11.9 Å². The molecule has 0 unspecified atom stereocenters. The van der Waals surface area contributed by atoms with Crippen LogP contribution in [0.25, 0.3) is 0 Å². The SMILES string of the molecule is CN1C(=O)C(Cc2ccccc2)=NC1(C)C. The second-order valence-electron chi connectivity index (χ2n) is 4.58. The van der Waals surface area contributed by atoms with Crippen LogP contribution in [-0.2, 0) is 11.2 Å². The van der Waals surface area contributed by atoms with Gasteiger partial charge in [-0.05, 0) is 19.4 Å². The molecule has 0 spiro atoms. The van der Waals surface area contributed by atoms with Crippen LogP contribution in [0.4, 0.5) is 0 Å². The van der Waals surface area contributed by atoms with Gasteiger partial charge in [0.05, 0.1) is 0 Å². The van der Waals surface area contributed by atoms with Crippen molar-refractivity contribution >= 4 is 11.6 Å². The number of carbonyl (C=O) groups excluding carboxylic acids is 1. The standard InChI is InChI=1S/C13H16N2O/c1-13(2)14-11(12(16)15(13)3)9-10-7-5-4-6-8-10/h4-8H,9H2,1-3H3. The van der Waals surface area contributed by atoms with Gasteiger partial charge >= 0.3 is 0 Å². The molecule has 16 heavy (non-hydrogen) atoms. The highest BCUT2D eigenvalue weighted by Crippen LogP contribution is 2.22. The van der Waals surface area contributed by atoms with Crippen molar-refractivity contribution in [2.75, 3.05) is 7.05 Å². The average Bonchev–Trinajstić information content (AvgIpc) is 2.44. The number of nitrogens with zero attached hydrogens (tertiary/aromatic N) is 2. The number of carbonyl (C=O) groups is 1. The van der Waals surface area contributed by atoms with Crippen LogP contribution >= 0.6 is 0 Å². The molecule has 0 atom stereocenters. The molecule has 1 aromatic carbocycles. The van der Waals surface area contributed by atoms with Crippen molar-refractivity contribution in [3.63, 3.8) is 0 Å². The molecule has 0 N–H and O–H groups in total. The fourth-order valence-corrected chi connectivity index (χ4v) is 1.80. The Morgan fingerprint density at radius 2 is 1.88 bits per heavy atom. The molecule has 0 radical (unpaired) electrons. The normalized spacial score (nSPS) is 18.8. The van der Waals surface area contributed by atoms with E-state index in [0.29, 0.717) is 12.1 Å². The number of hydrogen-bond acceptors (Lipinski definition) is 2. The van der Waals surface area contributed by atoms with Gasteiger partial charge in [0.1, 0.15) is 11.4 Å². The van der Waals surface area contributed by atoms with E-state index in [4.69, 9.17) is 0 Å². The molecule has 2 rings (SSSR count). The average molecular weight is 216 g/mol. The van der Waals surface area contributed by atoms with Gasteiger partial charge in [-0.15, -0.1) is 0 Å². The molecule has 1 aliphatic heterocycles. The van der Waals surface area contributed by atoms with Gasteiger partial charge in [-0.3, -0.25) is 9.79 Å². The molecule has 84 valence electrons. The third kappa shape index (κ3) is 1.85. The lowest BCUT2D eigenvalue weighted by atomic mass is 10.1. The van der Waals surface area contributed by atoms with Crippen molar-refractivity contribution < 1.29 is 4.79 Å². The fraction of sp³-hybridized carbons (Fsp3) is 0.385. The van der Waals surface area contributed by atoms with Gasteiger partial charge in [0.15, 0.2) is 0 Å². The second kappa shape index (κ2) is 3.74. The fourth-order valence-electron chi connectivity index (χ4n) is 1.80. The molecule has 1 aromatic rings. The van der Waals surface area contributed by atoms with Crippen LogP contribution in [-0.4, -0.2) is 29.2 Å². The molecule has 3 nitrogen and oxygen atoms in total. The summed E-state index contributed by atoms with van der Waals surface area (Å²) in [4.78, 5) is 18.1. The molecule has 0 fully saturated rings. The van der Waals surface area contributed by atoms with Gasteiger partial charge in [-0.25, -0.2) is 0 Å². The topological polar surface area (TPSA) is 32.7 Å². The van der Waals surface area contributed by atoms with Crippen LogP contribution in [0.15, 0.2) is 35.3 Å². The first kappa shape index (κ1) is 10.9. The Balaban J connectivity index is 2.21. The number of benzene rings is 1. The lowest BCUT2D eigenvalue weighted by Gasteiger charge is -2.24. The number of hydrogen-bond donors (Lipinski definition) is 0. The molecular weight excluding hydrogens is 200 g/mol. The van der Waals surface area contributed by atoms with Crippen molar-refractivity contribution in [3.05, 3.63) is 35.9 Å². The Hall–Kier alpha value is -1.64. The zero-order chi connectivity index (χ0) is 11.8. The summed E-state index contributed by atoms with van der Waals surface area (Å²) in [5.74, 6) is 0.0360. The van der Waals surface area contributed by atoms with Crippen molar-refractivity contribution in [1.82, 2.24) is 4.90 Å². The summed E-state index contributed by atoms with van der Waals surface area (Å²) in [6.07, 6.45) is 0.618. The second-order valence-corrected chi connectivity index (χ2v) is 4.58. The summed E-state index contributed by atoms with van der Waals surface area (Å²) in [7, 11) is 1.80. The minimum Gasteiger partial charge on any atom is -0.316 e. The summed E-state index contributed by atoms with van der Waals surface area (Å²) < 4.78 is 0. The predicted octanol–water partition coefficient (Wildman–Crippen LogP) is 1.88. The largest absolute Gasteiger partial charge is 0.316 e. The van der Waals surface area contributed by atoms with E-state index in [1.165, 1.54) is 0 Å². The molecule has 1 aliphatic rings. The molecule has 0 saturated heterocycles. The van der Waals surface area contributed by atoms with E-state index in [9.17, 15) is 4.79 Å². The minimum atomic E-state index is -0.402. The zero-order valence-corrected chi connectivity index (χ0v) is 9.90. The Morgan fingerprint density at radius 1 is 1.25 bits per heavy atom. The summed E-state index contributed by atoms with van der Waals surface area (Å²) in [6.45, 7) is 3.89. The first-order valence-corrected chi connectivity index (χ1v) is 5.41. The van der Waals surface area contributed by atoms with E-state index in [1.807, 2.05) is 44.2 Å². The summed E-state index contributed by atoms with van der Waals surface area (Å²) in [5, 5.41) is 0. The summed E-state index contributed by atoms with van der Waals surface area (Å²) >= 11 is 0. The minimum absolute atomic E-state index is 0.0360. The Kier molecular flexibility index (Phi) is 2.54. The van der Waals surface area contributed by atoms with E-state index >= 15 is 0 Å². The Bertz CT molecular complexity index is 435. The van der Waals surface area contributed by atoms with Gasteiger partial charge in [-0.2, -0.15) is 0 Å².